The third-order valence-corrected chi connectivity index (χ3v) is 5.35. The van der Waals surface area contributed by atoms with Gasteiger partial charge in [-0.15, -0.1) is 0 Å². The van der Waals surface area contributed by atoms with E-state index in [0.717, 1.165) is 15.7 Å². The molecule has 4 rings (SSSR count). The molecule has 0 saturated heterocycles. The van der Waals surface area contributed by atoms with Crippen molar-refractivity contribution in [3.8, 4) is 11.5 Å². The fraction of sp³-hybridized carbons (Fsp3) is 0.154. The Morgan fingerprint density at radius 1 is 0.971 bits per heavy atom. The zero-order chi connectivity index (χ0) is 24.9. The molecule has 9 heteroatoms. The predicted octanol–water partition coefficient (Wildman–Crippen LogP) is 3.44. The normalized spacial score (nSPS) is 11.4. The van der Waals surface area contributed by atoms with E-state index in [-0.39, 0.29) is 24.3 Å². The molecule has 2 N–H and O–H groups in total. The van der Waals surface area contributed by atoms with Gasteiger partial charge in [-0.25, -0.2) is 23.9 Å². The number of aromatic carboxylic acids is 1. The van der Waals surface area contributed by atoms with Gasteiger partial charge in [-0.1, -0.05) is 35.9 Å². The van der Waals surface area contributed by atoms with Crippen LogP contribution in [0, 0.1) is 6.92 Å². The molecular formula is C26H24N4O5. The molecular weight excluding hydrogens is 448 g/mol. The topological polar surface area (TPSA) is 119 Å². The lowest BCUT2D eigenvalue weighted by atomic mass is 10.1. The van der Waals surface area contributed by atoms with Gasteiger partial charge >= 0.3 is 17.3 Å². The van der Waals surface area contributed by atoms with Crippen LogP contribution in [0.1, 0.15) is 28.4 Å². The zero-order valence-electron chi connectivity index (χ0n) is 19.3. The number of hydrogen-bond donors (Lipinski definition) is 2. The fourth-order valence-corrected chi connectivity index (χ4v) is 3.48. The highest BCUT2D eigenvalue weighted by Crippen LogP contribution is 2.24. The second kappa shape index (κ2) is 10.1. The van der Waals surface area contributed by atoms with Gasteiger partial charge in [0.1, 0.15) is 11.5 Å². The van der Waals surface area contributed by atoms with Crippen LogP contribution >= 0.6 is 0 Å². The Morgan fingerprint density at radius 2 is 1.69 bits per heavy atom. The summed E-state index contributed by atoms with van der Waals surface area (Å²) in [6, 6.07) is 20.6. The number of nitrogens with one attached hydrogen (secondary N) is 1. The molecule has 0 bridgehead atoms. The van der Waals surface area contributed by atoms with Gasteiger partial charge in [0.15, 0.2) is 0 Å². The Hall–Kier alpha value is -4.66. The Bertz CT molecular complexity index is 1550. The highest BCUT2D eigenvalue weighted by molar-refractivity contribution is 5.88. The number of aryl methyl sites for hydroxylation is 1. The summed E-state index contributed by atoms with van der Waals surface area (Å²) in [5, 5.41) is 9.13. The van der Waals surface area contributed by atoms with E-state index in [0.29, 0.717) is 17.2 Å². The maximum Gasteiger partial charge on any atom is 0.335 e. The van der Waals surface area contributed by atoms with Crippen molar-refractivity contribution in [1.29, 1.82) is 0 Å². The maximum absolute atomic E-state index is 13.0. The summed E-state index contributed by atoms with van der Waals surface area (Å²) in [6.07, 6.45) is 0. The zero-order valence-corrected chi connectivity index (χ0v) is 19.3. The molecule has 0 amide bonds. The van der Waals surface area contributed by atoms with Crippen LogP contribution in [0.15, 0.2) is 87.4 Å². The van der Waals surface area contributed by atoms with Gasteiger partial charge in [-0.3, -0.25) is 9.55 Å². The van der Waals surface area contributed by atoms with E-state index in [9.17, 15) is 14.4 Å². The van der Waals surface area contributed by atoms with Crippen LogP contribution in [-0.2, 0) is 13.1 Å². The average Bonchev–Trinajstić information content (AvgIpc) is 2.84. The molecule has 0 unspecified atom stereocenters. The first-order valence-electron chi connectivity index (χ1n) is 11.0. The van der Waals surface area contributed by atoms with Crippen molar-refractivity contribution in [3.05, 3.63) is 116 Å². The van der Waals surface area contributed by atoms with E-state index in [1.807, 2.05) is 31.2 Å². The van der Waals surface area contributed by atoms with Crippen LogP contribution in [0.4, 0.5) is 5.69 Å². The highest BCUT2D eigenvalue weighted by Gasteiger charge is 2.09. The SMILES string of the molecule is CCn1c(=O)[nH]/c(=N\c2ccc(Oc3cccc(C(=O)O)c3)cc2)n(Cc2ccc(C)cc2)c1=O. The lowest BCUT2D eigenvalue weighted by molar-refractivity contribution is 0.0696. The minimum atomic E-state index is -1.04. The third kappa shape index (κ3) is 5.47. The van der Waals surface area contributed by atoms with Crippen molar-refractivity contribution in [2.45, 2.75) is 26.9 Å². The molecule has 0 aliphatic heterocycles. The summed E-state index contributed by atoms with van der Waals surface area (Å²) in [4.78, 5) is 43.8. The van der Waals surface area contributed by atoms with Gasteiger partial charge in [-0.2, -0.15) is 0 Å². The van der Waals surface area contributed by atoms with E-state index in [4.69, 9.17) is 9.84 Å². The minimum Gasteiger partial charge on any atom is -0.478 e. The molecule has 0 atom stereocenters. The summed E-state index contributed by atoms with van der Waals surface area (Å²) >= 11 is 0. The third-order valence-electron chi connectivity index (χ3n) is 5.35. The van der Waals surface area contributed by atoms with Gasteiger partial charge in [0.25, 0.3) is 0 Å². The van der Waals surface area contributed by atoms with Crippen LogP contribution in [0.2, 0.25) is 0 Å². The average molecular weight is 473 g/mol. The number of benzene rings is 3. The molecule has 0 fully saturated rings. The van der Waals surface area contributed by atoms with Crippen LogP contribution in [0.5, 0.6) is 11.5 Å². The van der Waals surface area contributed by atoms with Gasteiger partial charge in [-0.05, 0) is 61.9 Å². The monoisotopic (exact) mass is 472 g/mol. The van der Waals surface area contributed by atoms with Crippen molar-refractivity contribution < 1.29 is 14.6 Å². The van der Waals surface area contributed by atoms with Gasteiger partial charge < -0.3 is 9.84 Å². The van der Waals surface area contributed by atoms with E-state index in [2.05, 4.69) is 9.98 Å². The number of carbonyl (C=O) groups is 1. The molecule has 0 spiro atoms. The summed E-state index contributed by atoms with van der Waals surface area (Å²) in [7, 11) is 0. The number of H-pyrrole nitrogens is 1. The summed E-state index contributed by atoms with van der Waals surface area (Å²) in [5.41, 5.74) is 1.78. The maximum atomic E-state index is 13.0. The number of carboxylic acids is 1. The van der Waals surface area contributed by atoms with Gasteiger partial charge in [0.05, 0.1) is 17.8 Å². The van der Waals surface area contributed by atoms with Crippen molar-refractivity contribution in [3.63, 3.8) is 0 Å². The molecule has 4 aromatic rings. The van der Waals surface area contributed by atoms with Crippen molar-refractivity contribution in [2.24, 2.45) is 4.99 Å². The van der Waals surface area contributed by atoms with Crippen LogP contribution in [-0.4, -0.2) is 25.2 Å². The van der Waals surface area contributed by atoms with E-state index < -0.39 is 17.3 Å². The molecule has 35 heavy (non-hydrogen) atoms. The number of carboxylic acid groups (broad SMARTS) is 1. The minimum absolute atomic E-state index is 0.123. The van der Waals surface area contributed by atoms with E-state index in [1.165, 1.54) is 16.7 Å². The van der Waals surface area contributed by atoms with E-state index >= 15 is 0 Å². The number of hydrogen-bond acceptors (Lipinski definition) is 5. The van der Waals surface area contributed by atoms with Crippen molar-refractivity contribution in [1.82, 2.24) is 14.1 Å². The summed E-state index contributed by atoms with van der Waals surface area (Å²) in [6.45, 7) is 4.19. The Morgan fingerprint density at radius 3 is 2.34 bits per heavy atom. The van der Waals surface area contributed by atoms with Gasteiger partial charge in [0.2, 0.25) is 5.62 Å². The largest absolute Gasteiger partial charge is 0.478 e. The first-order chi connectivity index (χ1) is 16.8. The van der Waals surface area contributed by atoms with Crippen LogP contribution in [0.25, 0.3) is 0 Å². The Balaban J connectivity index is 1.68. The molecule has 3 aromatic carbocycles. The van der Waals surface area contributed by atoms with Gasteiger partial charge in [0, 0.05) is 6.54 Å². The first-order valence-corrected chi connectivity index (χ1v) is 11.0. The number of aromatic nitrogens is 3. The molecule has 0 aliphatic carbocycles. The molecule has 0 aliphatic rings. The Kier molecular flexibility index (Phi) is 6.77. The lowest BCUT2D eigenvalue weighted by Gasteiger charge is -2.10. The van der Waals surface area contributed by atoms with Crippen LogP contribution in [0.3, 0.4) is 0 Å². The predicted molar refractivity (Wildman–Crippen MR) is 130 cm³/mol. The number of nitrogens with zero attached hydrogens (tertiary/aromatic N) is 3. The van der Waals surface area contributed by atoms with Crippen LogP contribution < -0.4 is 21.7 Å². The number of ether oxygens (including phenoxy) is 1. The summed E-state index contributed by atoms with van der Waals surface area (Å²) in [5.74, 6) is -0.172. The molecule has 1 heterocycles. The number of aromatic amines is 1. The molecule has 1 aromatic heterocycles. The summed E-state index contributed by atoms with van der Waals surface area (Å²) < 4.78 is 8.28. The molecule has 178 valence electrons. The Labute approximate surface area is 200 Å². The quantitative estimate of drug-likeness (QED) is 0.427. The fourth-order valence-electron chi connectivity index (χ4n) is 3.48. The second-order valence-electron chi connectivity index (χ2n) is 7.89. The van der Waals surface area contributed by atoms with Crippen molar-refractivity contribution in [2.75, 3.05) is 0 Å². The van der Waals surface area contributed by atoms with E-state index in [1.54, 1.807) is 43.3 Å². The molecule has 0 radical (unpaired) electrons. The molecule has 9 nitrogen and oxygen atoms in total. The highest BCUT2D eigenvalue weighted by atomic mass is 16.5. The second-order valence-corrected chi connectivity index (χ2v) is 7.89. The smallest absolute Gasteiger partial charge is 0.335 e. The lowest BCUT2D eigenvalue weighted by Crippen LogP contribution is -2.49. The van der Waals surface area contributed by atoms with Crippen molar-refractivity contribution >= 4 is 11.7 Å². The molecule has 0 saturated carbocycles. The standard InChI is InChI=1S/C26H24N4O5/c1-3-29-25(33)28-24(30(26(29)34)16-18-9-7-17(2)8-10-18)27-20-11-13-21(14-12-20)35-22-6-4-5-19(15-22)23(31)32/h4-15H,3,16H2,1-2H3,(H,31,32)(H,27,28,33). The first kappa shape index (κ1) is 23.5. The number of rotatable bonds is 7.